The van der Waals surface area contributed by atoms with Crippen molar-refractivity contribution in [2.45, 2.75) is 39.0 Å². The molecular weight excluding hydrogens is 208 g/mol. The van der Waals surface area contributed by atoms with E-state index in [0.717, 1.165) is 19.6 Å². The van der Waals surface area contributed by atoms with Crippen LogP contribution >= 0.6 is 0 Å². The predicted molar refractivity (Wildman–Crippen MR) is 75.2 cm³/mol. The summed E-state index contributed by atoms with van der Waals surface area (Å²) < 4.78 is 5.62. The van der Waals surface area contributed by atoms with Gasteiger partial charge in [-0.1, -0.05) is 63.1 Å². The molecule has 0 amide bonds. The number of benzene rings is 1. The molecule has 0 bridgehead atoms. The lowest BCUT2D eigenvalue weighted by Crippen LogP contribution is -2.00. The third kappa shape index (κ3) is 6.28. The van der Waals surface area contributed by atoms with E-state index >= 15 is 0 Å². The summed E-state index contributed by atoms with van der Waals surface area (Å²) in [5, 5.41) is 0. The zero-order valence-electron chi connectivity index (χ0n) is 11.0. The highest BCUT2D eigenvalue weighted by atomic mass is 16.5. The minimum atomic E-state index is 0.833. The molecule has 94 valence electrons. The number of hydrogen-bond acceptors (Lipinski definition) is 1. The zero-order valence-corrected chi connectivity index (χ0v) is 11.0. The summed E-state index contributed by atoms with van der Waals surface area (Å²) in [7, 11) is 0. The molecule has 0 spiro atoms. The minimum Gasteiger partial charge on any atom is -0.381 e. The smallest absolute Gasteiger partial charge is 0.0506 e. The van der Waals surface area contributed by atoms with Gasteiger partial charge in [-0.15, -0.1) is 0 Å². The molecule has 1 heteroatoms. The van der Waals surface area contributed by atoms with E-state index in [0.29, 0.717) is 0 Å². The summed E-state index contributed by atoms with van der Waals surface area (Å²) in [6.07, 6.45) is 7.98. The van der Waals surface area contributed by atoms with Gasteiger partial charge in [0.2, 0.25) is 0 Å². The van der Waals surface area contributed by atoms with E-state index in [1.165, 1.54) is 36.8 Å². The lowest BCUT2D eigenvalue weighted by atomic mass is 10.1. The van der Waals surface area contributed by atoms with Gasteiger partial charge in [-0.05, 0) is 24.0 Å². The molecule has 0 aliphatic rings. The second kappa shape index (κ2) is 9.00. The van der Waals surface area contributed by atoms with Gasteiger partial charge in [-0.3, -0.25) is 0 Å². The zero-order chi connectivity index (χ0) is 12.3. The van der Waals surface area contributed by atoms with Gasteiger partial charge < -0.3 is 4.74 Å². The molecule has 0 unspecified atom stereocenters. The van der Waals surface area contributed by atoms with E-state index < -0.39 is 0 Å². The van der Waals surface area contributed by atoms with E-state index in [1.54, 1.807) is 0 Å². The summed E-state index contributed by atoms with van der Waals surface area (Å²) in [6, 6.07) is 8.50. The Balaban J connectivity index is 2.07. The van der Waals surface area contributed by atoms with Crippen LogP contribution in [0.3, 0.4) is 0 Å². The van der Waals surface area contributed by atoms with Crippen LogP contribution < -0.4 is 0 Å². The van der Waals surface area contributed by atoms with Crippen LogP contribution in [-0.2, 0) is 11.2 Å². The summed E-state index contributed by atoms with van der Waals surface area (Å²) >= 11 is 0. The Morgan fingerprint density at radius 3 is 2.47 bits per heavy atom. The molecule has 1 aromatic rings. The third-order valence-corrected chi connectivity index (χ3v) is 2.89. The van der Waals surface area contributed by atoms with Gasteiger partial charge >= 0.3 is 0 Å². The van der Waals surface area contributed by atoms with Gasteiger partial charge in [-0.25, -0.2) is 0 Å². The van der Waals surface area contributed by atoms with Gasteiger partial charge in [0, 0.05) is 6.61 Å². The molecular formula is C16H24O. The van der Waals surface area contributed by atoms with Crippen molar-refractivity contribution in [1.82, 2.24) is 0 Å². The molecule has 0 aliphatic heterocycles. The summed E-state index contributed by atoms with van der Waals surface area (Å²) in [5.41, 5.74) is 2.51. The fraction of sp³-hybridized carbons (Fsp3) is 0.500. The molecule has 0 radical (unpaired) electrons. The fourth-order valence-electron chi connectivity index (χ4n) is 1.74. The van der Waals surface area contributed by atoms with Crippen molar-refractivity contribution in [3.05, 3.63) is 42.0 Å². The molecule has 1 aromatic carbocycles. The van der Waals surface area contributed by atoms with Gasteiger partial charge in [0.05, 0.1) is 6.61 Å². The molecule has 1 nitrogen and oxygen atoms in total. The highest BCUT2D eigenvalue weighted by Crippen LogP contribution is 2.06. The second-order valence-corrected chi connectivity index (χ2v) is 4.37. The van der Waals surface area contributed by atoms with Crippen LogP contribution in [0.5, 0.6) is 0 Å². The lowest BCUT2D eigenvalue weighted by Gasteiger charge is -2.04. The minimum absolute atomic E-state index is 0.833. The monoisotopic (exact) mass is 232 g/mol. The highest BCUT2D eigenvalue weighted by Gasteiger charge is 1.94. The van der Waals surface area contributed by atoms with Crippen molar-refractivity contribution in [3.8, 4) is 0 Å². The van der Waals surface area contributed by atoms with Gasteiger partial charge in [0.1, 0.15) is 0 Å². The highest BCUT2D eigenvalue weighted by molar-refractivity contribution is 5.47. The van der Waals surface area contributed by atoms with Crippen LogP contribution in [0, 0.1) is 0 Å². The summed E-state index contributed by atoms with van der Waals surface area (Å²) in [6.45, 7) is 7.72. The van der Waals surface area contributed by atoms with Crippen LogP contribution in [0.1, 0.15) is 43.7 Å². The lowest BCUT2D eigenvalue weighted by molar-refractivity contribution is 0.133. The number of rotatable bonds is 9. The average molecular weight is 232 g/mol. The molecule has 0 saturated heterocycles. The number of ether oxygens (including phenoxy) is 1. The summed E-state index contributed by atoms with van der Waals surface area (Å²) in [5.74, 6) is 0. The fourth-order valence-corrected chi connectivity index (χ4v) is 1.74. The van der Waals surface area contributed by atoms with Crippen LogP contribution in [0.15, 0.2) is 30.8 Å². The van der Waals surface area contributed by atoms with Gasteiger partial charge in [0.25, 0.3) is 0 Å². The molecule has 0 aromatic heterocycles. The Kier molecular flexibility index (Phi) is 7.40. The van der Waals surface area contributed by atoms with Crippen molar-refractivity contribution >= 4 is 6.08 Å². The Morgan fingerprint density at radius 1 is 1.06 bits per heavy atom. The predicted octanol–water partition coefficient (Wildman–Crippen LogP) is 4.47. The molecule has 0 saturated carbocycles. The molecule has 0 aliphatic carbocycles. The van der Waals surface area contributed by atoms with E-state index in [-0.39, 0.29) is 0 Å². The Labute approximate surface area is 106 Å². The first-order valence-electron chi connectivity index (χ1n) is 6.66. The standard InChI is InChI=1S/C16H24O/c1-3-5-6-7-13-17-14-12-16-10-8-15(4-2)9-11-16/h4,8-11H,2-3,5-7,12-14H2,1H3. The third-order valence-electron chi connectivity index (χ3n) is 2.89. The molecule has 0 heterocycles. The topological polar surface area (TPSA) is 9.23 Å². The maximum Gasteiger partial charge on any atom is 0.0506 e. The first-order valence-corrected chi connectivity index (χ1v) is 6.66. The first-order chi connectivity index (χ1) is 8.36. The number of unbranched alkanes of at least 4 members (excludes halogenated alkanes) is 3. The van der Waals surface area contributed by atoms with Crippen molar-refractivity contribution < 1.29 is 4.74 Å². The second-order valence-electron chi connectivity index (χ2n) is 4.37. The molecule has 0 atom stereocenters. The average Bonchev–Trinajstić information content (AvgIpc) is 2.38. The normalized spacial score (nSPS) is 10.4. The van der Waals surface area contributed by atoms with Gasteiger partial charge in [0.15, 0.2) is 0 Å². The summed E-state index contributed by atoms with van der Waals surface area (Å²) in [4.78, 5) is 0. The molecule has 0 N–H and O–H groups in total. The maximum absolute atomic E-state index is 5.62. The van der Waals surface area contributed by atoms with E-state index in [9.17, 15) is 0 Å². The molecule has 17 heavy (non-hydrogen) atoms. The van der Waals surface area contributed by atoms with Crippen molar-refractivity contribution in [3.63, 3.8) is 0 Å². The molecule has 0 fully saturated rings. The molecule has 1 rings (SSSR count). The van der Waals surface area contributed by atoms with Crippen LogP contribution in [0.25, 0.3) is 6.08 Å². The van der Waals surface area contributed by atoms with Gasteiger partial charge in [-0.2, -0.15) is 0 Å². The van der Waals surface area contributed by atoms with Crippen molar-refractivity contribution in [2.24, 2.45) is 0 Å². The largest absolute Gasteiger partial charge is 0.381 e. The Morgan fingerprint density at radius 2 is 1.82 bits per heavy atom. The SMILES string of the molecule is C=Cc1ccc(CCOCCCCCC)cc1. The maximum atomic E-state index is 5.62. The van der Waals surface area contributed by atoms with E-state index in [4.69, 9.17) is 4.74 Å². The van der Waals surface area contributed by atoms with Crippen molar-refractivity contribution in [2.75, 3.05) is 13.2 Å². The van der Waals surface area contributed by atoms with Crippen molar-refractivity contribution in [1.29, 1.82) is 0 Å². The Bertz CT molecular complexity index is 300. The quantitative estimate of drug-likeness (QED) is 0.571. The Hall–Kier alpha value is -1.08. The first kappa shape index (κ1) is 14.0. The van der Waals surface area contributed by atoms with Crippen LogP contribution in [0.4, 0.5) is 0 Å². The van der Waals surface area contributed by atoms with E-state index in [2.05, 4.69) is 37.8 Å². The van der Waals surface area contributed by atoms with E-state index in [1.807, 2.05) is 6.08 Å². The van der Waals surface area contributed by atoms with Crippen LogP contribution in [0.2, 0.25) is 0 Å². The number of hydrogen-bond donors (Lipinski definition) is 0. The van der Waals surface area contributed by atoms with Crippen LogP contribution in [-0.4, -0.2) is 13.2 Å².